The molecule has 0 saturated heterocycles. The van der Waals surface area contributed by atoms with E-state index in [1.165, 1.54) is 23.5 Å². The number of hydrogen-bond acceptors (Lipinski definition) is 6. The molecular weight excluding hydrogens is 537 g/mol. The molecule has 4 rings (SSSR count). The van der Waals surface area contributed by atoms with Gasteiger partial charge >= 0.3 is 0 Å². The monoisotopic (exact) mass is 577 g/mol. The predicted octanol–water partition coefficient (Wildman–Crippen LogP) is 5.95. The standard InChI is InChI=1S/C32H40FN5O2S/c1-5-38(6-2)18-17-37(4)21-23-11-9-13-25(19-23)30(39)34-32-29(27-15-7-8-16-28(27)41-32)31(40)36-35-22(3)24-12-10-14-26(33)20-24/h9-14,19-20H,5-8,15-18,21H2,1-4H3,(H,34,39)(H,36,40). The molecule has 2 aromatic carbocycles. The molecule has 41 heavy (non-hydrogen) atoms. The lowest BCUT2D eigenvalue weighted by Crippen LogP contribution is -2.32. The van der Waals surface area contributed by atoms with Gasteiger partial charge < -0.3 is 15.1 Å². The number of carbonyl (C=O) groups excluding carboxylic acids is 2. The van der Waals surface area contributed by atoms with Crippen LogP contribution in [-0.2, 0) is 19.4 Å². The minimum absolute atomic E-state index is 0.246. The molecule has 0 bridgehead atoms. The van der Waals surface area contributed by atoms with Crippen LogP contribution in [0.4, 0.5) is 9.39 Å². The normalized spacial score (nSPS) is 13.4. The Morgan fingerprint density at radius 2 is 1.71 bits per heavy atom. The summed E-state index contributed by atoms with van der Waals surface area (Å²) in [5.41, 5.74) is 6.79. The second-order valence-corrected chi connectivity index (χ2v) is 11.6. The Bertz CT molecular complexity index is 1400. The fourth-order valence-corrected chi connectivity index (χ4v) is 6.37. The van der Waals surface area contributed by atoms with Crippen molar-refractivity contribution in [1.82, 2.24) is 15.2 Å². The van der Waals surface area contributed by atoms with Gasteiger partial charge in [0.05, 0.1) is 11.3 Å². The zero-order valence-corrected chi connectivity index (χ0v) is 25.2. The summed E-state index contributed by atoms with van der Waals surface area (Å²) in [4.78, 5) is 32.6. The SMILES string of the molecule is CCN(CC)CCN(C)Cc1cccc(C(=O)Nc2sc3c(c2C(=O)NN=C(C)c2cccc(F)c2)CCCC3)c1. The highest BCUT2D eigenvalue weighted by atomic mass is 32.1. The number of halogens is 1. The third kappa shape index (κ3) is 8.09. The van der Waals surface area contributed by atoms with E-state index in [1.54, 1.807) is 25.1 Å². The largest absolute Gasteiger partial charge is 0.313 e. The summed E-state index contributed by atoms with van der Waals surface area (Å²) in [6.07, 6.45) is 3.72. The smallest absolute Gasteiger partial charge is 0.274 e. The molecule has 0 spiro atoms. The minimum Gasteiger partial charge on any atom is -0.313 e. The molecule has 0 unspecified atom stereocenters. The number of rotatable bonds is 12. The van der Waals surface area contributed by atoms with Gasteiger partial charge in [-0.05, 0) is 88.1 Å². The summed E-state index contributed by atoms with van der Waals surface area (Å²) in [6.45, 7) is 10.8. The average molecular weight is 578 g/mol. The lowest BCUT2D eigenvalue weighted by atomic mass is 9.95. The van der Waals surface area contributed by atoms with Gasteiger partial charge in [0.2, 0.25) is 0 Å². The van der Waals surface area contributed by atoms with Gasteiger partial charge in [0.15, 0.2) is 0 Å². The number of hydrogen-bond donors (Lipinski definition) is 2. The lowest BCUT2D eigenvalue weighted by molar-refractivity contribution is 0.0955. The summed E-state index contributed by atoms with van der Waals surface area (Å²) in [6, 6.07) is 13.7. The molecule has 0 radical (unpaired) electrons. The van der Waals surface area contributed by atoms with E-state index in [0.29, 0.717) is 27.4 Å². The van der Waals surface area contributed by atoms with Gasteiger partial charge in [-0.25, -0.2) is 9.82 Å². The molecule has 3 aromatic rings. The molecule has 2 amide bonds. The molecule has 0 atom stereocenters. The van der Waals surface area contributed by atoms with E-state index >= 15 is 0 Å². The molecule has 218 valence electrons. The number of amides is 2. The molecular formula is C32H40FN5O2S. The van der Waals surface area contributed by atoms with Crippen molar-refractivity contribution in [3.05, 3.63) is 87.0 Å². The first-order chi connectivity index (χ1) is 19.8. The number of likely N-dealkylation sites (N-methyl/N-ethyl adjacent to an activating group) is 2. The Labute approximate surface area is 246 Å². The predicted molar refractivity (Wildman–Crippen MR) is 166 cm³/mol. The fraction of sp³-hybridized carbons (Fsp3) is 0.406. The number of hydrazone groups is 1. The van der Waals surface area contributed by atoms with Crippen LogP contribution in [0.3, 0.4) is 0 Å². The van der Waals surface area contributed by atoms with Crippen molar-refractivity contribution in [2.75, 3.05) is 38.5 Å². The second kappa shape index (κ2) is 14.5. The Morgan fingerprint density at radius 3 is 2.46 bits per heavy atom. The van der Waals surface area contributed by atoms with Gasteiger partial charge in [-0.3, -0.25) is 9.59 Å². The van der Waals surface area contributed by atoms with Crippen molar-refractivity contribution in [3.63, 3.8) is 0 Å². The van der Waals surface area contributed by atoms with E-state index in [0.717, 1.165) is 74.4 Å². The van der Waals surface area contributed by atoms with Gasteiger partial charge in [0.1, 0.15) is 10.8 Å². The van der Waals surface area contributed by atoms with Crippen LogP contribution < -0.4 is 10.7 Å². The topological polar surface area (TPSA) is 77.0 Å². The quantitative estimate of drug-likeness (QED) is 0.206. The van der Waals surface area contributed by atoms with Crippen molar-refractivity contribution in [1.29, 1.82) is 0 Å². The molecule has 7 nitrogen and oxygen atoms in total. The number of anilines is 1. The van der Waals surface area contributed by atoms with Crippen molar-refractivity contribution >= 4 is 33.9 Å². The molecule has 2 N–H and O–H groups in total. The fourth-order valence-electron chi connectivity index (χ4n) is 5.09. The first-order valence-electron chi connectivity index (χ1n) is 14.3. The second-order valence-electron chi connectivity index (χ2n) is 10.5. The average Bonchev–Trinajstić information content (AvgIpc) is 3.34. The van der Waals surface area contributed by atoms with Crippen LogP contribution in [0.2, 0.25) is 0 Å². The van der Waals surface area contributed by atoms with E-state index in [9.17, 15) is 14.0 Å². The van der Waals surface area contributed by atoms with Crippen molar-refractivity contribution < 1.29 is 14.0 Å². The number of benzene rings is 2. The zero-order valence-electron chi connectivity index (χ0n) is 24.4. The van der Waals surface area contributed by atoms with E-state index in [2.05, 4.69) is 46.5 Å². The molecule has 1 aliphatic carbocycles. The molecule has 0 fully saturated rings. The minimum atomic E-state index is -0.376. The molecule has 9 heteroatoms. The van der Waals surface area contributed by atoms with Gasteiger partial charge in [0.25, 0.3) is 11.8 Å². The van der Waals surface area contributed by atoms with Gasteiger partial charge in [-0.2, -0.15) is 5.10 Å². The summed E-state index contributed by atoms with van der Waals surface area (Å²) < 4.78 is 13.6. The Morgan fingerprint density at radius 1 is 0.976 bits per heavy atom. The number of aryl methyl sites for hydroxylation is 1. The molecule has 0 aliphatic heterocycles. The Kier molecular flexibility index (Phi) is 10.8. The summed E-state index contributed by atoms with van der Waals surface area (Å²) in [7, 11) is 2.09. The lowest BCUT2D eigenvalue weighted by Gasteiger charge is -2.23. The van der Waals surface area contributed by atoms with Gasteiger partial charge in [0, 0.05) is 35.6 Å². The van der Waals surface area contributed by atoms with Crippen molar-refractivity contribution in [2.24, 2.45) is 5.10 Å². The highest BCUT2D eigenvalue weighted by Gasteiger charge is 2.26. The molecule has 1 aliphatic rings. The number of nitrogens with zero attached hydrogens (tertiary/aromatic N) is 3. The van der Waals surface area contributed by atoms with Crippen LogP contribution in [0, 0.1) is 5.82 Å². The third-order valence-corrected chi connectivity index (χ3v) is 8.73. The molecule has 1 aromatic heterocycles. The van der Waals surface area contributed by atoms with Crippen molar-refractivity contribution in [2.45, 2.75) is 53.0 Å². The highest BCUT2D eigenvalue weighted by Crippen LogP contribution is 2.38. The summed E-state index contributed by atoms with van der Waals surface area (Å²) >= 11 is 1.47. The molecule has 0 saturated carbocycles. The third-order valence-electron chi connectivity index (χ3n) is 7.53. The number of carbonyl (C=O) groups is 2. The number of thiophene rings is 1. The highest BCUT2D eigenvalue weighted by molar-refractivity contribution is 7.17. The summed E-state index contributed by atoms with van der Waals surface area (Å²) in [5, 5.41) is 7.80. The molecule has 1 heterocycles. The number of nitrogens with one attached hydrogen (secondary N) is 2. The summed E-state index contributed by atoms with van der Waals surface area (Å²) in [5.74, 6) is -0.987. The van der Waals surface area contributed by atoms with Crippen LogP contribution in [0.15, 0.2) is 53.6 Å². The maximum absolute atomic E-state index is 13.6. The Balaban J connectivity index is 1.49. The maximum Gasteiger partial charge on any atom is 0.274 e. The van der Waals surface area contributed by atoms with Crippen LogP contribution in [-0.4, -0.2) is 60.6 Å². The van der Waals surface area contributed by atoms with Crippen LogP contribution in [0.5, 0.6) is 0 Å². The van der Waals surface area contributed by atoms with Gasteiger partial charge in [-0.1, -0.05) is 38.1 Å². The van der Waals surface area contributed by atoms with Crippen LogP contribution >= 0.6 is 11.3 Å². The maximum atomic E-state index is 13.6. The van der Waals surface area contributed by atoms with E-state index < -0.39 is 0 Å². The van der Waals surface area contributed by atoms with Crippen LogP contribution in [0.25, 0.3) is 0 Å². The first kappa shape index (κ1) is 30.6. The van der Waals surface area contributed by atoms with Crippen molar-refractivity contribution in [3.8, 4) is 0 Å². The van der Waals surface area contributed by atoms with Crippen LogP contribution in [0.1, 0.15) is 75.9 Å². The van der Waals surface area contributed by atoms with E-state index in [-0.39, 0.29) is 17.6 Å². The van der Waals surface area contributed by atoms with E-state index in [4.69, 9.17) is 0 Å². The van der Waals surface area contributed by atoms with Gasteiger partial charge in [-0.15, -0.1) is 11.3 Å². The number of fused-ring (bicyclic) bond motifs is 1. The first-order valence-corrected chi connectivity index (χ1v) is 15.2. The zero-order chi connectivity index (χ0) is 29.4. The van der Waals surface area contributed by atoms with E-state index in [1.807, 2.05) is 18.2 Å². The Hall–Kier alpha value is -3.40.